The number of guanidine groups is 1. The third kappa shape index (κ3) is 1.77. The zero-order valence-electron chi connectivity index (χ0n) is 9.28. The second-order valence-corrected chi connectivity index (χ2v) is 3.94. The Kier molecular flexibility index (Phi) is 2.62. The number of benzene rings is 1. The number of nitrogens with zero attached hydrogens (tertiary/aromatic N) is 2. The molecule has 0 spiro atoms. The van der Waals surface area contributed by atoms with Crippen LogP contribution in [0.15, 0.2) is 22.3 Å². The first-order valence-corrected chi connectivity index (χ1v) is 5.02. The number of nitrogens with two attached hydrogens (primary N) is 1. The minimum Gasteiger partial charge on any atom is -0.367 e. The van der Waals surface area contributed by atoms with Crippen molar-refractivity contribution in [1.82, 2.24) is 5.48 Å². The number of hydrogen-bond acceptors (Lipinski definition) is 3. The zero-order valence-corrected chi connectivity index (χ0v) is 9.28. The fourth-order valence-electron chi connectivity index (χ4n) is 1.99. The standard InChI is InChI=1S/C11H14N4O/c1-6-3-7(2)10-8(4-6)5-9(10)13-14-11(12)15-16/h3-4,16H,5H2,1-2H3,(H3,12,14,15). The normalized spacial score (nSPS) is 16.9. The lowest BCUT2D eigenvalue weighted by Gasteiger charge is -2.23. The Hall–Kier alpha value is -1.88. The van der Waals surface area contributed by atoms with Crippen molar-refractivity contribution in [3.05, 3.63) is 34.4 Å². The van der Waals surface area contributed by atoms with Crippen LogP contribution in [-0.2, 0) is 6.42 Å². The Morgan fingerprint density at radius 1 is 1.44 bits per heavy atom. The van der Waals surface area contributed by atoms with Crippen molar-refractivity contribution >= 4 is 11.7 Å². The lowest BCUT2D eigenvalue weighted by Crippen LogP contribution is -2.28. The molecule has 0 fully saturated rings. The molecule has 0 aromatic heterocycles. The average Bonchev–Trinajstić information content (AvgIpc) is 2.19. The molecular formula is C11H14N4O. The van der Waals surface area contributed by atoms with Gasteiger partial charge in [-0.1, -0.05) is 17.7 Å². The SMILES string of the molecule is Cc1cc(C)c2c(c1)CC2=NN=C(N)NO. The Bertz CT molecular complexity index is 474. The third-order valence-corrected chi connectivity index (χ3v) is 2.60. The minimum atomic E-state index is -0.106. The molecule has 0 heterocycles. The molecule has 0 aliphatic heterocycles. The highest BCUT2D eigenvalue weighted by Gasteiger charge is 2.23. The summed E-state index contributed by atoms with van der Waals surface area (Å²) in [7, 11) is 0. The Labute approximate surface area is 93.6 Å². The molecule has 0 unspecified atom stereocenters. The molecule has 16 heavy (non-hydrogen) atoms. The predicted molar refractivity (Wildman–Crippen MR) is 62.7 cm³/mol. The zero-order chi connectivity index (χ0) is 11.7. The summed E-state index contributed by atoms with van der Waals surface area (Å²) in [4.78, 5) is 0. The fourth-order valence-corrected chi connectivity index (χ4v) is 1.99. The van der Waals surface area contributed by atoms with Crippen LogP contribution in [0.4, 0.5) is 0 Å². The van der Waals surface area contributed by atoms with E-state index in [0.717, 1.165) is 17.7 Å². The van der Waals surface area contributed by atoms with Gasteiger partial charge in [0, 0.05) is 12.0 Å². The fraction of sp³-hybridized carbons (Fsp3) is 0.273. The second kappa shape index (κ2) is 3.94. The first kappa shape index (κ1) is 10.6. The van der Waals surface area contributed by atoms with Gasteiger partial charge in [0.25, 0.3) is 0 Å². The van der Waals surface area contributed by atoms with Gasteiger partial charge in [0.1, 0.15) is 0 Å². The smallest absolute Gasteiger partial charge is 0.237 e. The molecule has 0 radical (unpaired) electrons. The number of hydrogen-bond donors (Lipinski definition) is 3. The van der Waals surface area contributed by atoms with Crippen molar-refractivity contribution in [3.63, 3.8) is 0 Å². The van der Waals surface area contributed by atoms with Gasteiger partial charge in [-0.15, -0.1) is 5.10 Å². The lowest BCUT2D eigenvalue weighted by atomic mass is 9.82. The molecule has 0 saturated heterocycles. The summed E-state index contributed by atoms with van der Waals surface area (Å²) in [6, 6.07) is 4.27. The van der Waals surface area contributed by atoms with Gasteiger partial charge in [-0.2, -0.15) is 5.10 Å². The van der Waals surface area contributed by atoms with E-state index in [2.05, 4.69) is 36.2 Å². The maximum atomic E-state index is 8.45. The number of rotatable bonds is 1. The van der Waals surface area contributed by atoms with E-state index in [9.17, 15) is 0 Å². The third-order valence-electron chi connectivity index (χ3n) is 2.60. The number of nitrogens with one attached hydrogen (secondary N) is 1. The molecule has 0 saturated carbocycles. The first-order chi connectivity index (χ1) is 7.61. The van der Waals surface area contributed by atoms with Crippen molar-refractivity contribution in [3.8, 4) is 0 Å². The van der Waals surface area contributed by atoms with Gasteiger partial charge in [0.2, 0.25) is 5.96 Å². The molecule has 5 heteroatoms. The quantitative estimate of drug-likeness (QED) is 0.371. The Morgan fingerprint density at radius 3 is 2.81 bits per heavy atom. The van der Waals surface area contributed by atoms with Crippen LogP contribution in [0.5, 0.6) is 0 Å². The van der Waals surface area contributed by atoms with Gasteiger partial charge in [-0.05, 0) is 25.0 Å². The molecule has 0 atom stereocenters. The second-order valence-electron chi connectivity index (χ2n) is 3.94. The molecule has 84 valence electrons. The maximum Gasteiger partial charge on any atom is 0.237 e. The minimum absolute atomic E-state index is 0.106. The summed E-state index contributed by atoms with van der Waals surface area (Å²) >= 11 is 0. The summed E-state index contributed by atoms with van der Waals surface area (Å²) in [5.41, 5.74) is 12.8. The van der Waals surface area contributed by atoms with E-state index >= 15 is 0 Å². The van der Waals surface area contributed by atoms with Crippen LogP contribution < -0.4 is 11.2 Å². The van der Waals surface area contributed by atoms with Crippen molar-refractivity contribution in [2.75, 3.05) is 0 Å². The molecular weight excluding hydrogens is 204 g/mol. The van der Waals surface area contributed by atoms with Crippen LogP contribution in [0.25, 0.3) is 0 Å². The molecule has 1 aliphatic carbocycles. The summed E-state index contributed by atoms with van der Waals surface area (Å²) in [5, 5.41) is 16.1. The van der Waals surface area contributed by atoms with Gasteiger partial charge in [0.15, 0.2) is 0 Å². The van der Waals surface area contributed by atoms with Crippen molar-refractivity contribution in [2.45, 2.75) is 20.3 Å². The number of aryl methyl sites for hydroxylation is 2. The monoisotopic (exact) mass is 218 g/mol. The molecule has 2 rings (SSSR count). The van der Waals surface area contributed by atoms with E-state index in [-0.39, 0.29) is 5.96 Å². The lowest BCUT2D eigenvalue weighted by molar-refractivity contribution is 0.232. The van der Waals surface area contributed by atoms with E-state index < -0.39 is 0 Å². The highest BCUT2D eigenvalue weighted by Crippen LogP contribution is 2.28. The maximum absolute atomic E-state index is 8.45. The summed E-state index contributed by atoms with van der Waals surface area (Å²) in [5.74, 6) is -0.106. The van der Waals surface area contributed by atoms with Crippen LogP contribution in [0.3, 0.4) is 0 Å². The van der Waals surface area contributed by atoms with Crippen molar-refractivity contribution < 1.29 is 5.21 Å². The number of fused-ring (bicyclic) bond motifs is 1. The van der Waals surface area contributed by atoms with Crippen LogP contribution in [-0.4, -0.2) is 16.9 Å². The van der Waals surface area contributed by atoms with Crippen LogP contribution in [0.2, 0.25) is 0 Å². The van der Waals surface area contributed by atoms with Crippen molar-refractivity contribution in [1.29, 1.82) is 0 Å². The van der Waals surface area contributed by atoms with Gasteiger partial charge < -0.3 is 5.73 Å². The van der Waals surface area contributed by atoms with E-state index in [1.165, 1.54) is 16.7 Å². The van der Waals surface area contributed by atoms with E-state index in [0.29, 0.717) is 0 Å². The molecule has 4 N–H and O–H groups in total. The Morgan fingerprint density at radius 2 is 2.19 bits per heavy atom. The summed E-state index contributed by atoms with van der Waals surface area (Å²) < 4.78 is 0. The van der Waals surface area contributed by atoms with Gasteiger partial charge in [-0.25, -0.2) is 5.48 Å². The van der Waals surface area contributed by atoms with Crippen LogP contribution >= 0.6 is 0 Å². The molecule has 1 aliphatic rings. The summed E-state index contributed by atoms with van der Waals surface area (Å²) in [6.07, 6.45) is 0.806. The van der Waals surface area contributed by atoms with E-state index in [4.69, 9.17) is 10.9 Å². The van der Waals surface area contributed by atoms with E-state index in [1.807, 2.05) is 0 Å². The van der Waals surface area contributed by atoms with Gasteiger partial charge in [-0.3, -0.25) is 5.21 Å². The molecule has 0 amide bonds. The van der Waals surface area contributed by atoms with E-state index in [1.54, 1.807) is 5.48 Å². The van der Waals surface area contributed by atoms with Crippen LogP contribution in [0, 0.1) is 13.8 Å². The van der Waals surface area contributed by atoms with Gasteiger partial charge in [0.05, 0.1) is 5.71 Å². The Balaban J connectivity index is 2.31. The first-order valence-electron chi connectivity index (χ1n) is 5.02. The average molecular weight is 218 g/mol. The number of hydroxylamine groups is 1. The largest absolute Gasteiger partial charge is 0.367 e. The van der Waals surface area contributed by atoms with Crippen LogP contribution in [0.1, 0.15) is 22.3 Å². The van der Waals surface area contributed by atoms with Gasteiger partial charge >= 0.3 is 0 Å². The molecule has 1 aromatic rings. The van der Waals surface area contributed by atoms with Crippen molar-refractivity contribution in [2.24, 2.45) is 15.9 Å². The molecule has 0 bridgehead atoms. The summed E-state index contributed by atoms with van der Waals surface area (Å²) in [6.45, 7) is 4.13. The predicted octanol–water partition coefficient (Wildman–Crippen LogP) is 0.857. The highest BCUT2D eigenvalue weighted by molar-refractivity contribution is 6.11. The highest BCUT2D eigenvalue weighted by atomic mass is 16.5. The topological polar surface area (TPSA) is 83.0 Å². The molecule has 1 aromatic carbocycles. The molecule has 5 nitrogen and oxygen atoms in total.